The second-order valence-corrected chi connectivity index (χ2v) is 5.76. The van der Waals surface area contributed by atoms with E-state index in [1.54, 1.807) is 13.1 Å². The molecule has 0 amide bonds. The van der Waals surface area contributed by atoms with Crippen molar-refractivity contribution < 1.29 is 9.13 Å². The lowest BCUT2D eigenvalue weighted by atomic mass is 10.0. The number of H-pyrrole nitrogens is 1. The highest BCUT2D eigenvalue weighted by molar-refractivity contribution is 5.47. The van der Waals surface area contributed by atoms with Crippen molar-refractivity contribution in [2.75, 3.05) is 0 Å². The van der Waals surface area contributed by atoms with Gasteiger partial charge in [0.15, 0.2) is 0 Å². The van der Waals surface area contributed by atoms with E-state index in [1.165, 1.54) is 10.7 Å². The van der Waals surface area contributed by atoms with Gasteiger partial charge in [-0.1, -0.05) is 12.1 Å². The number of ether oxygens (including phenoxy) is 1. The number of nitrogens with zero attached hydrogens (tertiary/aromatic N) is 5. The first kappa shape index (κ1) is 14.6. The zero-order chi connectivity index (χ0) is 16.7. The monoisotopic (exact) mass is 330 g/mol. The molecule has 8 nitrogen and oxygen atoms in total. The van der Waals surface area contributed by atoms with Gasteiger partial charge in [0.2, 0.25) is 11.8 Å². The van der Waals surface area contributed by atoms with Crippen LogP contribution in [-0.2, 0) is 13.7 Å². The second kappa shape index (κ2) is 5.59. The molecular weight excluding hydrogens is 315 g/mol. The molecule has 0 aliphatic heterocycles. The third-order valence-electron chi connectivity index (χ3n) is 4.04. The fraction of sp³-hybridized carbons (Fsp3) is 0.333. The molecule has 4 rings (SSSR count). The van der Waals surface area contributed by atoms with E-state index < -0.39 is 5.95 Å². The molecule has 2 heterocycles. The molecule has 24 heavy (non-hydrogen) atoms. The van der Waals surface area contributed by atoms with Gasteiger partial charge in [0.05, 0.1) is 11.8 Å². The standard InChI is InChI=1S/C15H15FN6O2/c1-21-15(23)22(20-19-21)12-4-2-3-10(9-5-6-9)11(12)8-24-14-7-13(16)17-18-14/h2-4,7,9H,5-6,8H2,1H3,(H,17,18). The van der Waals surface area contributed by atoms with Gasteiger partial charge in [-0.3, -0.25) is 0 Å². The molecule has 1 N–H and O–H groups in total. The molecule has 1 aliphatic carbocycles. The van der Waals surface area contributed by atoms with E-state index in [2.05, 4.69) is 20.6 Å². The average molecular weight is 330 g/mol. The molecule has 124 valence electrons. The highest BCUT2D eigenvalue weighted by Gasteiger charge is 2.28. The number of tetrazole rings is 1. The van der Waals surface area contributed by atoms with Crippen molar-refractivity contribution in [2.45, 2.75) is 25.4 Å². The molecule has 1 saturated carbocycles. The molecule has 1 aliphatic rings. The molecule has 0 radical (unpaired) electrons. The summed E-state index contributed by atoms with van der Waals surface area (Å²) in [6.07, 6.45) is 2.20. The lowest BCUT2D eigenvalue weighted by molar-refractivity contribution is 0.291. The number of benzene rings is 1. The molecule has 0 bridgehead atoms. The summed E-state index contributed by atoms with van der Waals surface area (Å²) >= 11 is 0. The summed E-state index contributed by atoms with van der Waals surface area (Å²) in [6.45, 7) is 0.162. The second-order valence-electron chi connectivity index (χ2n) is 5.76. The fourth-order valence-corrected chi connectivity index (χ4v) is 2.69. The van der Waals surface area contributed by atoms with Crippen molar-refractivity contribution in [2.24, 2.45) is 7.05 Å². The minimum atomic E-state index is -0.564. The van der Waals surface area contributed by atoms with E-state index in [1.807, 2.05) is 12.1 Å². The maximum atomic E-state index is 13.0. The Morgan fingerprint density at radius 1 is 1.38 bits per heavy atom. The Kier molecular flexibility index (Phi) is 3.40. The molecule has 0 unspecified atom stereocenters. The SMILES string of the molecule is Cn1nnn(-c2cccc(C3CC3)c2COc2cc(F)[nH]n2)c1=O. The van der Waals surface area contributed by atoms with Crippen LogP contribution in [0.25, 0.3) is 5.69 Å². The Bertz CT molecular complexity index is 940. The minimum Gasteiger partial charge on any atom is -0.472 e. The van der Waals surface area contributed by atoms with Crippen molar-refractivity contribution in [1.29, 1.82) is 0 Å². The first-order valence-corrected chi connectivity index (χ1v) is 7.58. The average Bonchev–Trinajstić information content (AvgIpc) is 3.27. The molecule has 0 spiro atoms. The van der Waals surface area contributed by atoms with E-state index in [9.17, 15) is 9.18 Å². The Morgan fingerprint density at radius 3 is 2.83 bits per heavy atom. The third kappa shape index (κ3) is 2.57. The summed E-state index contributed by atoms with van der Waals surface area (Å²) in [4.78, 5) is 12.2. The molecule has 1 fully saturated rings. The van der Waals surface area contributed by atoms with Crippen LogP contribution in [0, 0.1) is 5.95 Å². The summed E-state index contributed by atoms with van der Waals surface area (Å²) in [6, 6.07) is 6.88. The zero-order valence-corrected chi connectivity index (χ0v) is 12.9. The maximum Gasteiger partial charge on any atom is 0.368 e. The number of aromatic amines is 1. The number of aryl methyl sites for hydroxylation is 1. The van der Waals surface area contributed by atoms with Gasteiger partial charge >= 0.3 is 5.69 Å². The van der Waals surface area contributed by atoms with Crippen molar-refractivity contribution in [1.82, 2.24) is 30.0 Å². The molecule has 9 heteroatoms. The largest absolute Gasteiger partial charge is 0.472 e. The highest BCUT2D eigenvalue weighted by atomic mass is 19.1. The highest BCUT2D eigenvalue weighted by Crippen LogP contribution is 2.42. The smallest absolute Gasteiger partial charge is 0.368 e. The van der Waals surface area contributed by atoms with Gasteiger partial charge in [-0.25, -0.2) is 9.89 Å². The fourth-order valence-electron chi connectivity index (χ4n) is 2.69. The summed E-state index contributed by atoms with van der Waals surface area (Å²) in [5, 5.41) is 13.6. The van der Waals surface area contributed by atoms with Gasteiger partial charge in [0.25, 0.3) is 0 Å². The Morgan fingerprint density at radius 2 is 2.21 bits per heavy atom. The van der Waals surface area contributed by atoms with Crippen molar-refractivity contribution in [3.05, 3.63) is 51.8 Å². The molecule has 1 aromatic carbocycles. The van der Waals surface area contributed by atoms with E-state index >= 15 is 0 Å². The van der Waals surface area contributed by atoms with Crippen LogP contribution in [-0.4, -0.2) is 30.0 Å². The molecule has 0 saturated heterocycles. The first-order chi connectivity index (χ1) is 11.6. The van der Waals surface area contributed by atoms with Gasteiger partial charge in [-0.2, -0.15) is 13.8 Å². The van der Waals surface area contributed by atoms with Crippen LogP contribution in [0.4, 0.5) is 4.39 Å². The predicted octanol–water partition coefficient (Wildman–Crippen LogP) is 1.28. The van der Waals surface area contributed by atoms with Crippen molar-refractivity contribution in [3.63, 3.8) is 0 Å². The van der Waals surface area contributed by atoms with Crippen LogP contribution in [0.3, 0.4) is 0 Å². The number of hydrogen-bond donors (Lipinski definition) is 1. The molecule has 0 atom stereocenters. The minimum absolute atomic E-state index is 0.162. The summed E-state index contributed by atoms with van der Waals surface area (Å²) in [7, 11) is 1.54. The van der Waals surface area contributed by atoms with Gasteiger partial charge in [0.1, 0.15) is 6.61 Å². The van der Waals surface area contributed by atoms with E-state index in [4.69, 9.17) is 4.74 Å². The maximum absolute atomic E-state index is 13.0. The molecule has 2 aromatic heterocycles. The van der Waals surface area contributed by atoms with E-state index in [0.717, 1.165) is 28.7 Å². The number of halogens is 1. The Labute approximate surface area is 135 Å². The topological polar surface area (TPSA) is 90.6 Å². The van der Waals surface area contributed by atoms with Gasteiger partial charge in [-0.15, -0.1) is 5.10 Å². The number of hydrogen-bond acceptors (Lipinski definition) is 5. The lowest BCUT2D eigenvalue weighted by Crippen LogP contribution is -2.23. The number of aromatic nitrogens is 6. The van der Waals surface area contributed by atoms with Gasteiger partial charge in [0, 0.05) is 12.6 Å². The first-order valence-electron chi connectivity index (χ1n) is 7.58. The summed E-state index contributed by atoms with van der Waals surface area (Å²) in [5.41, 5.74) is 2.23. The number of nitrogens with one attached hydrogen (secondary N) is 1. The van der Waals surface area contributed by atoms with Crippen LogP contribution >= 0.6 is 0 Å². The summed E-state index contributed by atoms with van der Waals surface area (Å²) < 4.78 is 21.0. The van der Waals surface area contributed by atoms with Crippen LogP contribution in [0.2, 0.25) is 0 Å². The molecular formula is C15H15FN6O2. The quantitative estimate of drug-likeness (QED) is 0.761. The third-order valence-corrected chi connectivity index (χ3v) is 4.04. The Balaban J connectivity index is 1.74. The normalized spacial score (nSPS) is 14.1. The lowest BCUT2D eigenvalue weighted by Gasteiger charge is -2.13. The zero-order valence-electron chi connectivity index (χ0n) is 12.9. The molecule has 3 aromatic rings. The van der Waals surface area contributed by atoms with Crippen LogP contribution < -0.4 is 10.4 Å². The van der Waals surface area contributed by atoms with Crippen molar-refractivity contribution in [3.8, 4) is 11.6 Å². The van der Waals surface area contributed by atoms with Gasteiger partial charge < -0.3 is 4.74 Å². The van der Waals surface area contributed by atoms with Gasteiger partial charge in [-0.05, 0) is 40.8 Å². The van der Waals surface area contributed by atoms with E-state index in [-0.39, 0.29) is 18.2 Å². The predicted molar refractivity (Wildman–Crippen MR) is 81.5 cm³/mol. The summed E-state index contributed by atoms with van der Waals surface area (Å²) in [5.74, 6) is 0.0493. The van der Waals surface area contributed by atoms with Crippen LogP contribution in [0.15, 0.2) is 29.1 Å². The Hall–Kier alpha value is -2.97. The number of rotatable bonds is 5. The van der Waals surface area contributed by atoms with Crippen molar-refractivity contribution >= 4 is 0 Å². The van der Waals surface area contributed by atoms with Crippen LogP contribution in [0.1, 0.15) is 29.9 Å². The van der Waals surface area contributed by atoms with Crippen LogP contribution in [0.5, 0.6) is 5.88 Å². The van der Waals surface area contributed by atoms with E-state index in [0.29, 0.717) is 11.6 Å².